The highest BCUT2D eigenvalue weighted by Gasteiger charge is 2.29. The number of ether oxygens (including phenoxy) is 1. The number of carbonyl (C=O) groups is 2. The third kappa shape index (κ3) is 3.93. The lowest BCUT2D eigenvalue weighted by Gasteiger charge is -2.34. The zero-order valence-electron chi connectivity index (χ0n) is 17.3. The molecule has 0 bridgehead atoms. The van der Waals surface area contributed by atoms with E-state index in [4.69, 9.17) is 4.74 Å². The smallest absolute Gasteiger partial charge is 0.339 e. The average Bonchev–Trinajstić information content (AvgIpc) is 3.25. The lowest BCUT2D eigenvalue weighted by molar-refractivity contribution is 0.0252. The van der Waals surface area contributed by atoms with Gasteiger partial charge in [-0.05, 0) is 36.2 Å². The molecule has 5 rings (SSSR count). The highest BCUT2D eigenvalue weighted by molar-refractivity contribution is 7.15. The minimum absolute atomic E-state index is 0.00738. The number of anilines is 1. The van der Waals surface area contributed by atoms with E-state index in [1.54, 1.807) is 23.5 Å². The van der Waals surface area contributed by atoms with Gasteiger partial charge in [0.05, 0.1) is 5.56 Å². The maximum absolute atomic E-state index is 13.1. The number of carbonyl (C=O) groups excluding carboxylic acids is 2. The van der Waals surface area contributed by atoms with Gasteiger partial charge in [-0.25, -0.2) is 9.78 Å². The van der Waals surface area contributed by atoms with E-state index in [2.05, 4.69) is 16.8 Å². The summed E-state index contributed by atoms with van der Waals surface area (Å²) in [6.45, 7) is 4.90. The first-order valence-corrected chi connectivity index (χ1v) is 11.3. The molecule has 1 atom stereocenters. The summed E-state index contributed by atoms with van der Waals surface area (Å²) in [5.41, 5.74) is 3.01. The van der Waals surface area contributed by atoms with E-state index in [9.17, 15) is 9.59 Å². The molecule has 1 aromatic heterocycles. The third-order valence-corrected chi connectivity index (χ3v) is 6.82. The van der Waals surface area contributed by atoms with Crippen molar-refractivity contribution < 1.29 is 14.3 Å². The van der Waals surface area contributed by atoms with Crippen molar-refractivity contribution in [3.63, 3.8) is 0 Å². The number of piperazine rings is 1. The molecule has 0 aliphatic carbocycles. The van der Waals surface area contributed by atoms with Crippen LogP contribution in [0, 0.1) is 6.92 Å². The molecule has 0 radical (unpaired) electrons. The van der Waals surface area contributed by atoms with E-state index in [-0.39, 0.29) is 18.0 Å². The quantitative estimate of drug-likeness (QED) is 0.587. The summed E-state index contributed by atoms with van der Waals surface area (Å²) in [4.78, 5) is 35.4. The Morgan fingerprint density at radius 2 is 1.87 bits per heavy atom. The van der Waals surface area contributed by atoms with Gasteiger partial charge in [0.2, 0.25) is 0 Å². The minimum atomic E-state index is -0.332. The monoisotopic (exact) mass is 433 g/mol. The molecular formula is C24H23N3O3S. The van der Waals surface area contributed by atoms with Gasteiger partial charge in [0.1, 0.15) is 6.10 Å². The van der Waals surface area contributed by atoms with Crippen molar-refractivity contribution in [3.05, 3.63) is 81.9 Å². The van der Waals surface area contributed by atoms with Crippen LogP contribution in [0.3, 0.4) is 0 Å². The summed E-state index contributed by atoms with van der Waals surface area (Å²) in [5.74, 6) is -0.325. The molecule has 0 saturated carbocycles. The van der Waals surface area contributed by atoms with Crippen LogP contribution < -0.4 is 4.90 Å². The zero-order chi connectivity index (χ0) is 21.4. The average molecular weight is 434 g/mol. The first-order valence-electron chi connectivity index (χ1n) is 10.4. The van der Waals surface area contributed by atoms with E-state index in [0.29, 0.717) is 30.6 Å². The summed E-state index contributed by atoms with van der Waals surface area (Å²) in [6.07, 6.45) is 2.14. The van der Waals surface area contributed by atoms with E-state index in [1.165, 1.54) is 4.88 Å². The Morgan fingerprint density at radius 3 is 2.58 bits per heavy atom. The highest BCUT2D eigenvalue weighted by atomic mass is 32.1. The fourth-order valence-corrected chi connectivity index (χ4v) is 4.97. The normalized spacial score (nSPS) is 18.5. The summed E-state index contributed by atoms with van der Waals surface area (Å²) >= 11 is 1.68. The number of rotatable bonds is 3. The molecule has 1 fully saturated rings. The van der Waals surface area contributed by atoms with Crippen LogP contribution in [0.25, 0.3) is 0 Å². The second kappa shape index (κ2) is 8.15. The fraction of sp³-hybridized carbons (Fsp3) is 0.292. The standard InChI is InChI=1S/C24H23N3O3S/c1-16-15-25-24(31-16)27-11-9-26(10-12-27)22(28)18-7-8-20-19(13-18)14-21(30-23(20)29)17-5-3-2-4-6-17/h2-8,13,15,21H,9-12,14H2,1H3. The lowest BCUT2D eigenvalue weighted by atomic mass is 9.93. The number of aromatic nitrogens is 1. The van der Waals surface area contributed by atoms with Gasteiger partial charge >= 0.3 is 5.97 Å². The van der Waals surface area contributed by atoms with Crippen molar-refractivity contribution in [1.29, 1.82) is 0 Å². The predicted molar refractivity (Wildman–Crippen MR) is 120 cm³/mol. The second-order valence-corrected chi connectivity index (χ2v) is 9.13. The van der Waals surface area contributed by atoms with Crippen molar-refractivity contribution in [1.82, 2.24) is 9.88 Å². The van der Waals surface area contributed by atoms with Crippen molar-refractivity contribution in [3.8, 4) is 0 Å². The van der Waals surface area contributed by atoms with E-state index >= 15 is 0 Å². The summed E-state index contributed by atoms with van der Waals surface area (Å²) < 4.78 is 5.63. The van der Waals surface area contributed by atoms with Gasteiger partial charge in [-0.3, -0.25) is 4.79 Å². The van der Waals surface area contributed by atoms with Crippen LogP contribution >= 0.6 is 11.3 Å². The van der Waals surface area contributed by atoms with Crippen LogP contribution in [0.5, 0.6) is 0 Å². The third-order valence-electron chi connectivity index (χ3n) is 5.84. The highest BCUT2D eigenvalue weighted by Crippen LogP contribution is 2.31. The van der Waals surface area contributed by atoms with E-state index in [1.807, 2.05) is 47.5 Å². The number of aryl methyl sites for hydroxylation is 1. The number of cyclic esters (lactones) is 1. The van der Waals surface area contributed by atoms with Crippen LogP contribution in [0.2, 0.25) is 0 Å². The number of benzene rings is 2. The fourth-order valence-electron chi connectivity index (χ4n) is 4.15. The molecule has 0 spiro atoms. The molecule has 158 valence electrons. The number of fused-ring (bicyclic) bond motifs is 1. The molecule has 7 heteroatoms. The molecule has 1 saturated heterocycles. The number of hydrogen-bond acceptors (Lipinski definition) is 6. The Labute approximate surface area is 185 Å². The molecule has 0 N–H and O–H groups in total. The Morgan fingerprint density at radius 1 is 1.10 bits per heavy atom. The molecule has 2 aliphatic rings. The molecule has 2 aromatic carbocycles. The molecule has 31 heavy (non-hydrogen) atoms. The Balaban J connectivity index is 1.30. The summed E-state index contributed by atoms with van der Waals surface area (Å²) in [5, 5.41) is 1.02. The Hall–Kier alpha value is -3.19. The number of amides is 1. The molecule has 6 nitrogen and oxygen atoms in total. The summed E-state index contributed by atoms with van der Waals surface area (Å²) in [6, 6.07) is 15.1. The van der Waals surface area contributed by atoms with E-state index in [0.717, 1.165) is 29.3 Å². The van der Waals surface area contributed by atoms with Gasteiger partial charge < -0.3 is 14.5 Å². The van der Waals surface area contributed by atoms with Gasteiger partial charge in [-0.1, -0.05) is 30.3 Å². The summed E-state index contributed by atoms with van der Waals surface area (Å²) in [7, 11) is 0. The molecule has 3 heterocycles. The topological polar surface area (TPSA) is 62.7 Å². The SMILES string of the molecule is Cc1cnc(N2CCN(C(=O)c3ccc4c(c3)CC(c3ccccc3)OC4=O)CC2)s1. The first-order chi connectivity index (χ1) is 15.1. The lowest BCUT2D eigenvalue weighted by Crippen LogP contribution is -2.48. The first kappa shape index (κ1) is 19.8. The molecule has 1 amide bonds. The number of hydrogen-bond donors (Lipinski definition) is 0. The van der Waals surface area contributed by atoms with E-state index < -0.39 is 0 Å². The van der Waals surface area contributed by atoms with Crippen molar-refractivity contribution >= 4 is 28.3 Å². The zero-order valence-corrected chi connectivity index (χ0v) is 18.1. The number of nitrogens with zero attached hydrogens (tertiary/aromatic N) is 3. The minimum Gasteiger partial charge on any atom is -0.454 e. The number of thiazole rings is 1. The van der Waals surface area contributed by atoms with Crippen LogP contribution in [-0.2, 0) is 11.2 Å². The molecule has 2 aliphatic heterocycles. The molecular weight excluding hydrogens is 410 g/mol. The largest absolute Gasteiger partial charge is 0.454 e. The maximum Gasteiger partial charge on any atom is 0.339 e. The molecule has 3 aromatic rings. The van der Waals surface area contributed by atoms with Crippen LogP contribution in [-0.4, -0.2) is 47.9 Å². The Kier molecular flexibility index (Phi) is 5.19. The van der Waals surface area contributed by atoms with Gasteiger partial charge in [0.25, 0.3) is 5.91 Å². The van der Waals surface area contributed by atoms with Gasteiger partial charge in [0.15, 0.2) is 5.13 Å². The van der Waals surface area contributed by atoms with Crippen molar-refractivity contribution in [2.45, 2.75) is 19.4 Å². The van der Waals surface area contributed by atoms with Gasteiger partial charge in [-0.15, -0.1) is 11.3 Å². The number of esters is 1. The second-order valence-electron chi connectivity index (χ2n) is 7.91. The van der Waals surface area contributed by atoms with Crippen molar-refractivity contribution in [2.75, 3.05) is 31.1 Å². The van der Waals surface area contributed by atoms with Crippen LogP contribution in [0.15, 0.2) is 54.7 Å². The predicted octanol–water partition coefficient (Wildman–Crippen LogP) is 3.87. The van der Waals surface area contributed by atoms with Gasteiger partial charge in [-0.2, -0.15) is 0 Å². The van der Waals surface area contributed by atoms with Crippen LogP contribution in [0.1, 0.15) is 42.8 Å². The van der Waals surface area contributed by atoms with Crippen LogP contribution in [0.4, 0.5) is 5.13 Å². The molecule has 1 unspecified atom stereocenters. The maximum atomic E-state index is 13.1. The Bertz CT molecular complexity index is 1120. The van der Waals surface area contributed by atoms with Gasteiger partial charge in [0, 0.05) is 49.2 Å². The van der Waals surface area contributed by atoms with Crippen molar-refractivity contribution in [2.24, 2.45) is 0 Å².